The van der Waals surface area contributed by atoms with E-state index < -0.39 is 15.4 Å². The number of carbonyl (C=O) groups is 1. The number of rotatable bonds is 2. The number of hydrogen-bond donors (Lipinski definition) is 1. The van der Waals surface area contributed by atoms with Crippen LogP contribution in [0.3, 0.4) is 0 Å². The minimum atomic E-state index is -2.92. The molecular formula is C14H25NO4S. The van der Waals surface area contributed by atoms with Crippen molar-refractivity contribution < 1.29 is 18.3 Å². The zero-order valence-electron chi connectivity index (χ0n) is 12.3. The molecule has 2 rings (SSSR count). The van der Waals surface area contributed by atoms with E-state index >= 15 is 0 Å². The third kappa shape index (κ3) is 3.34. The first-order chi connectivity index (χ1) is 9.25. The van der Waals surface area contributed by atoms with Gasteiger partial charge < -0.3 is 10.0 Å². The summed E-state index contributed by atoms with van der Waals surface area (Å²) in [6, 6.07) is 0. The molecule has 116 valence electrons. The Labute approximate surface area is 121 Å². The Balaban J connectivity index is 1.97. The summed E-state index contributed by atoms with van der Waals surface area (Å²) in [6.45, 7) is 5.04. The highest BCUT2D eigenvalue weighted by atomic mass is 32.2. The third-order valence-electron chi connectivity index (χ3n) is 4.92. The fourth-order valence-electron chi connectivity index (χ4n) is 3.28. The van der Waals surface area contributed by atoms with Crippen molar-refractivity contribution in [3.8, 4) is 0 Å². The second-order valence-corrected chi connectivity index (χ2v) is 8.73. The monoisotopic (exact) mass is 303 g/mol. The van der Waals surface area contributed by atoms with Crippen LogP contribution in [0, 0.1) is 11.8 Å². The zero-order valence-corrected chi connectivity index (χ0v) is 13.2. The molecular weight excluding hydrogens is 278 g/mol. The van der Waals surface area contributed by atoms with Crippen molar-refractivity contribution in [1.29, 1.82) is 0 Å². The molecule has 20 heavy (non-hydrogen) atoms. The summed E-state index contributed by atoms with van der Waals surface area (Å²) in [5.41, 5.74) is -0.693. The largest absolute Gasteiger partial charge is 0.390 e. The molecule has 0 radical (unpaired) electrons. The number of carbonyl (C=O) groups excluding carboxylic acids is 1. The number of amides is 1. The van der Waals surface area contributed by atoms with E-state index in [1.165, 1.54) is 0 Å². The summed E-state index contributed by atoms with van der Waals surface area (Å²) in [6.07, 6.45) is 2.34. The lowest BCUT2D eigenvalue weighted by Crippen LogP contribution is -2.53. The Hall–Kier alpha value is -0.620. The highest BCUT2D eigenvalue weighted by Crippen LogP contribution is 2.31. The molecule has 2 aliphatic rings. The first-order valence-corrected chi connectivity index (χ1v) is 9.29. The van der Waals surface area contributed by atoms with Crippen LogP contribution in [0.2, 0.25) is 0 Å². The highest BCUT2D eigenvalue weighted by molar-refractivity contribution is 7.91. The van der Waals surface area contributed by atoms with Crippen molar-refractivity contribution >= 4 is 15.7 Å². The van der Waals surface area contributed by atoms with Crippen molar-refractivity contribution in [1.82, 2.24) is 4.90 Å². The van der Waals surface area contributed by atoms with E-state index in [1.54, 1.807) is 0 Å². The van der Waals surface area contributed by atoms with Gasteiger partial charge in [-0.1, -0.05) is 6.92 Å². The predicted octanol–water partition coefficient (Wildman–Crippen LogP) is 0.821. The molecule has 2 aliphatic heterocycles. The molecule has 0 bridgehead atoms. The summed E-state index contributed by atoms with van der Waals surface area (Å²) >= 11 is 0. The molecule has 1 amide bonds. The van der Waals surface area contributed by atoms with E-state index in [0.29, 0.717) is 32.4 Å². The van der Waals surface area contributed by atoms with Gasteiger partial charge >= 0.3 is 0 Å². The van der Waals surface area contributed by atoms with Gasteiger partial charge in [0.1, 0.15) is 9.84 Å². The van der Waals surface area contributed by atoms with Gasteiger partial charge in [0.05, 0.1) is 17.1 Å². The van der Waals surface area contributed by atoms with E-state index in [9.17, 15) is 18.3 Å². The van der Waals surface area contributed by atoms with Gasteiger partial charge in [-0.2, -0.15) is 0 Å². The molecule has 2 saturated heterocycles. The van der Waals surface area contributed by atoms with Gasteiger partial charge in [-0.3, -0.25) is 4.79 Å². The van der Waals surface area contributed by atoms with Crippen LogP contribution in [0.4, 0.5) is 0 Å². The molecule has 2 atom stereocenters. The maximum atomic E-state index is 12.5. The topological polar surface area (TPSA) is 74.7 Å². The lowest BCUT2D eigenvalue weighted by molar-refractivity contribution is -0.143. The van der Waals surface area contributed by atoms with Crippen molar-refractivity contribution in [2.24, 2.45) is 11.8 Å². The maximum absolute atomic E-state index is 12.5. The maximum Gasteiger partial charge on any atom is 0.225 e. The fourth-order valence-corrected chi connectivity index (χ4v) is 4.78. The predicted molar refractivity (Wildman–Crippen MR) is 77.0 cm³/mol. The quantitative estimate of drug-likeness (QED) is 0.819. The van der Waals surface area contributed by atoms with Crippen LogP contribution in [0.15, 0.2) is 0 Å². The molecule has 0 saturated carbocycles. The van der Waals surface area contributed by atoms with E-state index in [2.05, 4.69) is 0 Å². The molecule has 0 aromatic rings. The van der Waals surface area contributed by atoms with E-state index in [1.807, 2.05) is 18.7 Å². The first kappa shape index (κ1) is 15.8. The van der Waals surface area contributed by atoms with Crippen LogP contribution in [0.5, 0.6) is 0 Å². The second kappa shape index (κ2) is 5.64. The van der Waals surface area contributed by atoms with Gasteiger partial charge in [0.2, 0.25) is 5.91 Å². The fraction of sp³-hybridized carbons (Fsp3) is 0.929. The summed E-state index contributed by atoms with van der Waals surface area (Å²) in [7, 11) is -2.92. The van der Waals surface area contributed by atoms with Gasteiger partial charge in [0.15, 0.2) is 0 Å². The number of piperidine rings is 1. The van der Waals surface area contributed by atoms with E-state index in [-0.39, 0.29) is 29.2 Å². The SMILES string of the molecule is CC[C@@H]1CN(C(=O)C2CCS(=O)(=O)CC2)CC[C@]1(C)O. The van der Waals surface area contributed by atoms with Gasteiger partial charge in [0.25, 0.3) is 0 Å². The van der Waals surface area contributed by atoms with Crippen LogP contribution < -0.4 is 0 Å². The van der Waals surface area contributed by atoms with Gasteiger partial charge in [-0.05, 0) is 32.6 Å². The number of sulfone groups is 1. The summed E-state index contributed by atoms with van der Waals surface area (Å²) < 4.78 is 22.8. The minimum Gasteiger partial charge on any atom is -0.390 e. The Morgan fingerprint density at radius 2 is 1.95 bits per heavy atom. The van der Waals surface area contributed by atoms with Crippen LogP contribution in [0.1, 0.15) is 39.5 Å². The normalized spacial score (nSPS) is 35.0. The standard InChI is InChI=1S/C14H25NO4S/c1-3-12-10-15(7-6-14(12,2)17)13(16)11-4-8-20(18,19)9-5-11/h11-12,17H,3-10H2,1-2H3/t12-,14+/m1/s1. The number of nitrogens with zero attached hydrogens (tertiary/aromatic N) is 1. The Morgan fingerprint density at radius 1 is 1.35 bits per heavy atom. The van der Waals surface area contributed by atoms with Crippen molar-refractivity contribution in [2.45, 2.75) is 45.1 Å². The summed E-state index contributed by atoms with van der Waals surface area (Å²) in [5, 5.41) is 10.3. The average Bonchev–Trinajstić information content (AvgIpc) is 2.37. The van der Waals surface area contributed by atoms with Crippen LogP contribution in [-0.2, 0) is 14.6 Å². The first-order valence-electron chi connectivity index (χ1n) is 7.47. The lowest BCUT2D eigenvalue weighted by atomic mass is 9.80. The molecule has 0 aromatic carbocycles. The average molecular weight is 303 g/mol. The van der Waals surface area contributed by atoms with Gasteiger partial charge in [0, 0.05) is 24.9 Å². The molecule has 5 nitrogen and oxygen atoms in total. The lowest BCUT2D eigenvalue weighted by Gasteiger charge is -2.43. The van der Waals surface area contributed by atoms with Crippen LogP contribution in [-0.4, -0.2) is 54.5 Å². The molecule has 2 fully saturated rings. The number of hydrogen-bond acceptors (Lipinski definition) is 4. The molecule has 6 heteroatoms. The van der Waals surface area contributed by atoms with Crippen molar-refractivity contribution in [2.75, 3.05) is 24.6 Å². The van der Waals surface area contributed by atoms with Crippen LogP contribution >= 0.6 is 0 Å². The molecule has 0 spiro atoms. The third-order valence-corrected chi connectivity index (χ3v) is 6.63. The summed E-state index contributed by atoms with van der Waals surface area (Å²) in [4.78, 5) is 14.3. The molecule has 1 N–H and O–H groups in total. The van der Waals surface area contributed by atoms with Crippen molar-refractivity contribution in [3.05, 3.63) is 0 Å². The Kier molecular flexibility index (Phi) is 4.44. The number of aliphatic hydroxyl groups is 1. The van der Waals surface area contributed by atoms with Gasteiger partial charge in [-0.25, -0.2) is 8.42 Å². The number of likely N-dealkylation sites (tertiary alicyclic amines) is 1. The Morgan fingerprint density at radius 3 is 2.50 bits per heavy atom. The zero-order chi connectivity index (χ0) is 15.0. The molecule has 0 unspecified atom stereocenters. The summed E-state index contributed by atoms with van der Waals surface area (Å²) in [5.74, 6) is 0.290. The van der Waals surface area contributed by atoms with E-state index in [4.69, 9.17) is 0 Å². The second-order valence-electron chi connectivity index (χ2n) is 6.42. The van der Waals surface area contributed by atoms with Gasteiger partial charge in [-0.15, -0.1) is 0 Å². The van der Waals surface area contributed by atoms with E-state index in [0.717, 1.165) is 6.42 Å². The Bertz CT molecular complexity index is 458. The van der Waals surface area contributed by atoms with Crippen molar-refractivity contribution in [3.63, 3.8) is 0 Å². The smallest absolute Gasteiger partial charge is 0.225 e. The highest BCUT2D eigenvalue weighted by Gasteiger charge is 2.40. The minimum absolute atomic E-state index is 0.0776. The molecule has 2 heterocycles. The van der Waals surface area contributed by atoms with Crippen LogP contribution in [0.25, 0.3) is 0 Å². The molecule has 0 aliphatic carbocycles. The molecule has 0 aromatic heterocycles.